The predicted molar refractivity (Wildman–Crippen MR) is 118 cm³/mol. The quantitative estimate of drug-likeness (QED) is 0.355. The Labute approximate surface area is 180 Å². The monoisotopic (exact) mass is 421 g/mol. The molecule has 3 N–H and O–H groups in total. The Kier molecular flexibility index (Phi) is 6.61. The third-order valence-electron chi connectivity index (χ3n) is 4.96. The van der Waals surface area contributed by atoms with Crippen molar-refractivity contribution in [2.24, 2.45) is 4.99 Å². The summed E-state index contributed by atoms with van der Waals surface area (Å²) in [5, 5.41) is 17.8. The van der Waals surface area contributed by atoms with E-state index in [4.69, 9.17) is 4.74 Å². The third-order valence-corrected chi connectivity index (χ3v) is 4.96. The van der Waals surface area contributed by atoms with E-state index in [1.165, 1.54) is 5.56 Å². The fourth-order valence-corrected chi connectivity index (χ4v) is 3.12. The van der Waals surface area contributed by atoms with Gasteiger partial charge in [-0.15, -0.1) is 10.2 Å². The Hall–Kier alpha value is -3.62. The number of hydrogen-bond acceptors (Lipinski definition) is 5. The molecule has 1 fully saturated rings. The second-order valence-electron chi connectivity index (χ2n) is 7.42. The van der Waals surface area contributed by atoms with Gasteiger partial charge in [0.1, 0.15) is 5.75 Å². The van der Waals surface area contributed by atoms with Gasteiger partial charge in [-0.25, -0.2) is 0 Å². The van der Waals surface area contributed by atoms with Crippen LogP contribution in [0.5, 0.6) is 5.75 Å². The number of guanidine groups is 1. The van der Waals surface area contributed by atoms with Crippen LogP contribution in [0.2, 0.25) is 0 Å². The zero-order valence-corrected chi connectivity index (χ0v) is 17.5. The van der Waals surface area contributed by atoms with Gasteiger partial charge < -0.3 is 20.7 Å². The zero-order valence-electron chi connectivity index (χ0n) is 17.5. The van der Waals surface area contributed by atoms with Crippen LogP contribution >= 0.6 is 0 Å². The molecular formula is C22H27N7O2. The van der Waals surface area contributed by atoms with Crippen molar-refractivity contribution < 1.29 is 9.53 Å². The van der Waals surface area contributed by atoms with E-state index in [2.05, 4.69) is 31.1 Å². The number of amides is 1. The van der Waals surface area contributed by atoms with Crippen LogP contribution in [-0.2, 0) is 17.8 Å². The first-order chi connectivity index (χ1) is 15.2. The second-order valence-corrected chi connectivity index (χ2v) is 7.42. The molecule has 31 heavy (non-hydrogen) atoms. The number of fused-ring (bicyclic) bond motifs is 1. The number of benzene rings is 1. The van der Waals surface area contributed by atoms with E-state index >= 15 is 0 Å². The van der Waals surface area contributed by atoms with E-state index in [0.29, 0.717) is 24.3 Å². The Morgan fingerprint density at radius 2 is 2.00 bits per heavy atom. The van der Waals surface area contributed by atoms with Crippen LogP contribution in [0.15, 0.2) is 53.7 Å². The van der Waals surface area contributed by atoms with Crippen LogP contribution in [0.3, 0.4) is 0 Å². The summed E-state index contributed by atoms with van der Waals surface area (Å²) in [5.74, 6) is 2.16. The molecule has 0 radical (unpaired) electrons. The average molecular weight is 422 g/mol. The van der Waals surface area contributed by atoms with E-state index in [-0.39, 0.29) is 12.5 Å². The van der Waals surface area contributed by atoms with Gasteiger partial charge in [-0.3, -0.25) is 14.2 Å². The Morgan fingerprint density at radius 1 is 1.16 bits per heavy atom. The number of carbonyl (C=O) groups is 1. The van der Waals surface area contributed by atoms with E-state index < -0.39 is 0 Å². The number of rotatable bonds is 9. The molecule has 1 aliphatic rings. The van der Waals surface area contributed by atoms with Crippen molar-refractivity contribution in [3.63, 3.8) is 0 Å². The highest BCUT2D eigenvalue weighted by atomic mass is 16.5. The van der Waals surface area contributed by atoms with Gasteiger partial charge in [0.2, 0.25) is 0 Å². The molecule has 0 atom stereocenters. The van der Waals surface area contributed by atoms with Crippen molar-refractivity contribution in [3.05, 3.63) is 60.0 Å². The second kappa shape index (κ2) is 9.92. The molecule has 162 valence electrons. The fraction of sp³-hybridized carbons (Fsp3) is 0.364. The van der Waals surface area contributed by atoms with Crippen molar-refractivity contribution in [1.82, 2.24) is 30.5 Å². The molecule has 9 heteroatoms. The zero-order chi connectivity index (χ0) is 21.5. The molecule has 1 saturated carbocycles. The first kappa shape index (κ1) is 20.6. The largest absolute Gasteiger partial charge is 0.484 e. The summed E-state index contributed by atoms with van der Waals surface area (Å²) in [5.41, 5.74) is 1.99. The molecule has 4 rings (SSSR count). The normalized spacial score (nSPS) is 13.8. The summed E-state index contributed by atoms with van der Waals surface area (Å²) >= 11 is 0. The SMILES string of the molecule is CN=C(NCCc1ccc(OCC(=O)NC2CC2)cc1)NCc1nnc2ccccn12. The highest BCUT2D eigenvalue weighted by molar-refractivity contribution is 5.79. The number of nitrogens with zero attached hydrogens (tertiary/aromatic N) is 4. The lowest BCUT2D eigenvalue weighted by molar-refractivity contribution is -0.123. The van der Waals surface area contributed by atoms with Gasteiger partial charge in [0.05, 0.1) is 6.54 Å². The highest BCUT2D eigenvalue weighted by Gasteiger charge is 2.23. The molecule has 0 bridgehead atoms. The van der Waals surface area contributed by atoms with Crippen LogP contribution < -0.4 is 20.7 Å². The van der Waals surface area contributed by atoms with Crippen LogP contribution in [0.1, 0.15) is 24.2 Å². The molecule has 0 spiro atoms. The Bertz CT molecular complexity index is 1040. The maximum absolute atomic E-state index is 11.7. The number of aromatic nitrogens is 3. The molecule has 2 aromatic heterocycles. The summed E-state index contributed by atoms with van der Waals surface area (Å²) in [6.45, 7) is 1.30. The number of pyridine rings is 1. The van der Waals surface area contributed by atoms with Gasteiger partial charge in [0.25, 0.3) is 5.91 Å². The minimum Gasteiger partial charge on any atom is -0.484 e. The molecule has 1 amide bonds. The van der Waals surface area contributed by atoms with Crippen molar-refractivity contribution in [2.45, 2.75) is 31.8 Å². The van der Waals surface area contributed by atoms with Gasteiger partial charge >= 0.3 is 0 Å². The molecule has 1 aromatic carbocycles. The smallest absolute Gasteiger partial charge is 0.258 e. The molecule has 3 aromatic rings. The minimum absolute atomic E-state index is 0.0563. The van der Waals surface area contributed by atoms with E-state index in [1.807, 2.05) is 53.1 Å². The van der Waals surface area contributed by atoms with Crippen LogP contribution in [0, 0.1) is 0 Å². The van der Waals surface area contributed by atoms with Gasteiger partial charge in [-0.05, 0) is 49.1 Å². The number of aliphatic imine (C=N–C) groups is 1. The maximum atomic E-state index is 11.7. The maximum Gasteiger partial charge on any atom is 0.258 e. The van der Waals surface area contributed by atoms with Crippen LogP contribution in [0.25, 0.3) is 5.65 Å². The number of carbonyl (C=O) groups excluding carboxylic acids is 1. The molecule has 0 unspecified atom stereocenters. The van der Waals surface area contributed by atoms with E-state index in [9.17, 15) is 4.79 Å². The number of hydrogen-bond donors (Lipinski definition) is 3. The molecule has 9 nitrogen and oxygen atoms in total. The number of nitrogens with one attached hydrogen (secondary N) is 3. The predicted octanol–water partition coefficient (Wildman–Crippen LogP) is 1.29. The highest BCUT2D eigenvalue weighted by Crippen LogP contribution is 2.18. The summed E-state index contributed by atoms with van der Waals surface area (Å²) in [6, 6.07) is 14.0. The third kappa shape index (κ3) is 5.94. The van der Waals surface area contributed by atoms with Crippen molar-refractivity contribution in [2.75, 3.05) is 20.2 Å². The molecule has 2 heterocycles. The van der Waals surface area contributed by atoms with Crippen molar-refractivity contribution in [3.8, 4) is 5.75 Å². The van der Waals surface area contributed by atoms with Gasteiger partial charge in [0, 0.05) is 25.8 Å². The summed E-state index contributed by atoms with van der Waals surface area (Å²) in [6.07, 6.45) is 4.92. The summed E-state index contributed by atoms with van der Waals surface area (Å²) < 4.78 is 7.48. The van der Waals surface area contributed by atoms with Crippen molar-refractivity contribution >= 4 is 17.5 Å². The molecule has 1 aliphatic carbocycles. The topological polar surface area (TPSA) is 105 Å². The van der Waals surface area contributed by atoms with Gasteiger partial charge in [-0.2, -0.15) is 0 Å². The van der Waals surface area contributed by atoms with Gasteiger partial charge in [0.15, 0.2) is 24.0 Å². The Balaban J connectivity index is 1.18. The van der Waals surface area contributed by atoms with Crippen molar-refractivity contribution in [1.29, 1.82) is 0 Å². The van der Waals surface area contributed by atoms with Crippen LogP contribution in [0.4, 0.5) is 0 Å². The summed E-state index contributed by atoms with van der Waals surface area (Å²) in [7, 11) is 1.74. The molecular weight excluding hydrogens is 394 g/mol. The van der Waals surface area contributed by atoms with Crippen LogP contribution in [-0.4, -0.2) is 52.7 Å². The lowest BCUT2D eigenvalue weighted by Gasteiger charge is -2.11. The van der Waals surface area contributed by atoms with Gasteiger partial charge in [-0.1, -0.05) is 18.2 Å². The molecule has 0 saturated heterocycles. The van der Waals surface area contributed by atoms with E-state index in [0.717, 1.165) is 37.3 Å². The lowest BCUT2D eigenvalue weighted by atomic mass is 10.1. The number of ether oxygens (including phenoxy) is 1. The minimum atomic E-state index is -0.0613. The molecule has 0 aliphatic heterocycles. The Morgan fingerprint density at radius 3 is 2.77 bits per heavy atom. The average Bonchev–Trinajstić information content (AvgIpc) is 3.52. The first-order valence-electron chi connectivity index (χ1n) is 10.5. The van der Waals surface area contributed by atoms with E-state index in [1.54, 1.807) is 7.05 Å². The fourth-order valence-electron chi connectivity index (χ4n) is 3.12. The lowest BCUT2D eigenvalue weighted by Crippen LogP contribution is -2.38. The first-order valence-corrected chi connectivity index (χ1v) is 10.5. The standard InChI is InChI=1S/C22H27N7O2/c1-23-22(25-14-20-28-27-19-4-2-3-13-29(19)20)24-12-11-16-5-9-18(10-6-16)31-15-21(30)26-17-7-8-17/h2-6,9-10,13,17H,7-8,11-12,14-15H2,1H3,(H,26,30)(H2,23,24,25). The summed E-state index contributed by atoms with van der Waals surface area (Å²) in [4.78, 5) is 15.9.